The van der Waals surface area contributed by atoms with Crippen molar-refractivity contribution in [2.75, 3.05) is 7.11 Å². The van der Waals surface area contributed by atoms with Crippen molar-refractivity contribution < 1.29 is 9.13 Å². The second-order valence-electron chi connectivity index (χ2n) is 4.64. The van der Waals surface area contributed by atoms with Gasteiger partial charge >= 0.3 is 0 Å². The Morgan fingerprint density at radius 3 is 2.20 bits per heavy atom. The Bertz CT molecular complexity index is 590. The summed E-state index contributed by atoms with van der Waals surface area (Å²) in [5.74, 6) is 0.398. The van der Waals surface area contributed by atoms with Gasteiger partial charge in [-0.05, 0) is 54.3 Å². The van der Waals surface area contributed by atoms with E-state index in [1.54, 1.807) is 19.2 Å². The van der Waals surface area contributed by atoms with Crippen LogP contribution in [0.4, 0.5) is 4.39 Å². The zero-order chi connectivity index (χ0) is 14.0. The highest BCUT2D eigenvalue weighted by molar-refractivity contribution is 5.85. The second kappa shape index (κ2) is 6.73. The van der Waals surface area contributed by atoms with Crippen LogP contribution in [0.2, 0.25) is 0 Å². The van der Waals surface area contributed by atoms with Gasteiger partial charge in [0.25, 0.3) is 0 Å². The topological polar surface area (TPSA) is 35.2 Å². The lowest BCUT2D eigenvalue weighted by atomic mass is 9.95. The predicted octanol–water partition coefficient (Wildman–Crippen LogP) is 4.00. The largest absolute Gasteiger partial charge is 0.497 e. The monoisotopic (exact) mass is 295 g/mol. The molecule has 4 heteroatoms. The normalized spacial score (nSPS) is 10.1. The van der Waals surface area contributed by atoms with Gasteiger partial charge in [0, 0.05) is 12.1 Å². The smallest absolute Gasteiger partial charge is 0.131 e. The highest BCUT2D eigenvalue weighted by Crippen LogP contribution is 2.30. The molecule has 0 saturated carbocycles. The molecule has 108 valence electrons. The molecule has 0 unspecified atom stereocenters. The molecule has 2 nitrogen and oxygen atoms in total. The third-order valence-corrected chi connectivity index (χ3v) is 3.38. The average Bonchev–Trinajstić information content (AvgIpc) is 2.39. The van der Waals surface area contributed by atoms with E-state index < -0.39 is 0 Å². The summed E-state index contributed by atoms with van der Waals surface area (Å²) in [6.07, 6.45) is 0. The van der Waals surface area contributed by atoms with Gasteiger partial charge in [-0.3, -0.25) is 0 Å². The van der Waals surface area contributed by atoms with Crippen LogP contribution < -0.4 is 10.5 Å². The summed E-state index contributed by atoms with van der Waals surface area (Å²) in [5, 5.41) is 0. The Balaban J connectivity index is 0.00000200. The van der Waals surface area contributed by atoms with Gasteiger partial charge in [-0.1, -0.05) is 12.1 Å². The summed E-state index contributed by atoms with van der Waals surface area (Å²) in [4.78, 5) is 0. The maximum Gasteiger partial charge on any atom is 0.131 e. The number of ether oxygens (including phenoxy) is 1. The molecule has 2 N–H and O–H groups in total. The molecule has 0 aromatic heterocycles. The summed E-state index contributed by atoms with van der Waals surface area (Å²) in [6.45, 7) is 4.49. The fourth-order valence-corrected chi connectivity index (χ4v) is 2.32. The van der Waals surface area contributed by atoms with Crippen molar-refractivity contribution in [3.05, 3.63) is 52.8 Å². The Morgan fingerprint density at radius 2 is 1.70 bits per heavy atom. The molecule has 0 amide bonds. The van der Waals surface area contributed by atoms with E-state index in [4.69, 9.17) is 10.5 Å². The van der Waals surface area contributed by atoms with E-state index >= 15 is 0 Å². The van der Waals surface area contributed by atoms with Crippen molar-refractivity contribution in [3.63, 3.8) is 0 Å². The standard InChI is InChI=1S/C16H18FNO.ClH/c1-10-6-12(7-11(2)15(10)9-18)14-8-13(19-3)4-5-16(14)17;/h4-8H,9,18H2,1-3H3;1H. The van der Waals surface area contributed by atoms with Crippen molar-refractivity contribution in [1.82, 2.24) is 0 Å². The molecule has 20 heavy (non-hydrogen) atoms. The first-order chi connectivity index (χ1) is 9.06. The summed E-state index contributed by atoms with van der Waals surface area (Å²) >= 11 is 0. The molecular formula is C16H19ClFNO. The minimum absolute atomic E-state index is 0. The third-order valence-electron chi connectivity index (χ3n) is 3.38. The van der Waals surface area contributed by atoms with Crippen molar-refractivity contribution in [2.45, 2.75) is 20.4 Å². The van der Waals surface area contributed by atoms with E-state index in [0.717, 1.165) is 22.3 Å². The third kappa shape index (κ3) is 3.11. The molecule has 0 radical (unpaired) electrons. The van der Waals surface area contributed by atoms with Gasteiger partial charge in [0.15, 0.2) is 0 Å². The SMILES string of the molecule is COc1ccc(F)c(-c2cc(C)c(CN)c(C)c2)c1.Cl. The molecule has 0 heterocycles. The lowest BCUT2D eigenvalue weighted by Gasteiger charge is -2.12. The number of hydrogen-bond acceptors (Lipinski definition) is 2. The van der Waals surface area contributed by atoms with Gasteiger partial charge in [0.2, 0.25) is 0 Å². The van der Waals surface area contributed by atoms with Crippen LogP contribution in [0.15, 0.2) is 30.3 Å². The van der Waals surface area contributed by atoms with E-state index in [-0.39, 0.29) is 18.2 Å². The van der Waals surface area contributed by atoms with Crippen LogP contribution >= 0.6 is 12.4 Å². The van der Waals surface area contributed by atoms with Crippen LogP contribution in [-0.4, -0.2) is 7.11 Å². The maximum atomic E-state index is 14.0. The lowest BCUT2D eigenvalue weighted by molar-refractivity contribution is 0.414. The number of rotatable bonds is 3. The van der Waals surface area contributed by atoms with Crippen LogP contribution in [0.25, 0.3) is 11.1 Å². The molecule has 0 aliphatic carbocycles. The molecule has 0 saturated heterocycles. The fraction of sp³-hybridized carbons (Fsp3) is 0.250. The van der Waals surface area contributed by atoms with Crippen LogP contribution in [-0.2, 0) is 6.54 Å². The zero-order valence-corrected chi connectivity index (χ0v) is 12.7. The fourth-order valence-electron chi connectivity index (χ4n) is 2.32. The zero-order valence-electron chi connectivity index (χ0n) is 11.9. The summed E-state index contributed by atoms with van der Waals surface area (Å²) in [7, 11) is 1.57. The number of methoxy groups -OCH3 is 1. The Kier molecular flexibility index (Phi) is 5.54. The number of benzene rings is 2. The van der Waals surface area contributed by atoms with Crippen LogP contribution in [0.5, 0.6) is 5.75 Å². The minimum Gasteiger partial charge on any atom is -0.497 e. The Morgan fingerprint density at radius 1 is 1.10 bits per heavy atom. The molecule has 0 bridgehead atoms. The van der Waals surface area contributed by atoms with E-state index in [1.165, 1.54) is 6.07 Å². The van der Waals surface area contributed by atoms with Crippen molar-refractivity contribution in [2.24, 2.45) is 5.73 Å². The summed E-state index contributed by atoms with van der Waals surface area (Å²) in [6, 6.07) is 8.69. The predicted molar refractivity (Wildman–Crippen MR) is 83.0 cm³/mol. The van der Waals surface area contributed by atoms with Crippen LogP contribution in [0, 0.1) is 19.7 Å². The van der Waals surface area contributed by atoms with Gasteiger partial charge in [0.05, 0.1) is 7.11 Å². The highest BCUT2D eigenvalue weighted by Gasteiger charge is 2.10. The lowest BCUT2D eigenvalue weighted by Crippen LogP contribution is -2.02. The molecular weight excluding hydrogens is 277 g/mol. The minimum atomic E-state index is -0.250. The Labute approximate surface area is 125 Å². The highest BCUT2D eigenvalue weighted by atomic mass is 35.5. The first-order valence-corrected chi connectivity index (χ1v) is 6.21. The van der Waals surface area contributed by atoms with E-state index in [9.17, 15) is 4.39 Å². The summed E-state index contributed by atoms with van der Waals surface area (Å²) in [5.41, 5.74) is 10.4. The second-order valence-corrected chi connectivity index (χ2v) is 4.64. The van der Waals surface area contributed by atoms with Gasteiger partial charge in [-0.15, -0.1) is 12.4 Å². The van der Waals surface area contributed by atoms with Gasteiger partial charge in [0.1, 0.15) is 11.6 Å². The van der Waals surface area contributed by atoms with Gasteiger partial charge < -0.3 is 10.5 Å². The molecule has 2 rings (SSSR count). The van der Waals surface area contributed by atoms with Crippen molar-refractivity contribution >= 4 is 12.4 Å². The first kappa shape index (κ1) is 16.5. The first-order valence-electron chi connectivity index (χ1n) is 6.21. The van der Waals surface area contributed by atoms with Gasteiger partial charge in [-0.2, -0.15) is 0 Å². The number of aryl methyl sites for hydroxylation is 2. The molecule has 2 aromatic carbocycles. The molecule has 0 atom stereocenters. The molecule has 0 aliphatic rings. The van der Waals surface area contributed by atoms with E-state index in [0.29, 0.717) is 17.9 Å². The van der Waals surface area contributed by atoms with Crippen LogP contribution in [0.1, 0.15) is 16.7 Å². The molecule has 0 spiro atoms. The van der Waals surface area contributed by atoms with E-state index in [2.05, 4.69) is 0 Å². The molecule has 2 aromatic rings. The molecule has 0 aliphatic heterocycles. The summed E-state index contributed by atoms with van der Waals surface area (Å²) < 4.78 is 19.1. The number of halogens is 2. The van der Waals surface area contributed by atoms with Crippen LogP contribution in [0.3, 0.4) is 0 Å². The average molecular weight is 296 g/mol. The molecule has 0 fully saturated rings. The van der Waals surface area contributed by atoms with E-state index in [1.807, 2.05) is 26.0 Å². The quantitative estimate of drug-likeness (QED) is 0.929. The van der Waals surface area contributed by atoms with Gasteiger partial charge in [-0.25, -0.2) is 4.39 Å². The maximum absolute atomic E-state index is 14.0. The number of nitrogens with two attached hydrogens (primary N) is 1. The Hall–Kier alpha value is -1.58. The number of hydrogen-bond donors (Lipinski definition) is 1. The van der Waals surface area contributed by atoms with Crippen molar-refractivity contribution in [3.8, 4) is 16.9 Å². The van der Waals surface area contributed by atoms with Crippen molar-refractivity contribution in [1.29, 1.82) is 0 Å².